The highest BCUT2D eigenvalue weighted by molar-refractivity contribution is 7.99. The number of nitrogens with one attached hydrogen (secondary N) is 1. The molecule has 0 saturated carbocycles. The van der Waals surface area contributed by atoms with Crippen LogP contribution in [0.4, 0.5) is 5.69 Å². The molecule has 0 aliphatic heterocycles. The van der Waals surface area contributed by atoms with Crippen LogP contribution in [0.1, 0.15) is 33.4 Å². The third-order valence-corrected chi connectivity index (χ3v) is 4.97. The molecular weight excluding hydrogens is 274 g/mol. The lowest BCUT2D eigenvalue weighted by Gasteiger charge is -2.15. The second-order valence-electron chi connectivity index (χ2n) is 5.97. The van der Waals surface area contributed by atoms with Gasteiger partial charge in [-0.3, -0.25) is 0 Å². The molecule has 2 rings (SSSR count). The first-order valence-corrected chi connectivity index (χ1v) is 8.39. The number of aryl methyl sites for hydroxylation is 6. The number of anilines is 1. The van der Waals surface area contributed by atoms with Crippen molar-refractivity contribution in [1.82, 2.24) is 0 Å². The second-order valence-corrected chi connectivity index (χ2v) is 6.95. The van der Waals surface area contributed by atoms with Crippen molar-refractivity contribution in [1.29, 1.82) is 0 Å². The third-order valence-electron chi connectivity index (χ3n) is 3.75. The molecule has 0 aliphatic carbocycles. The SMILES string of the molecule is Cc1cc(C)c(NCSc2c(C)cc(C)cc2C)c(C)c1. The number of thioether (sulfide) groups is 1. The molecule has 0 saturated heterocycles. The minimum Gasteiger partial charge on any atom is -0.375 e. The van der Waals surface area contributed by atoms with Crippen LogP contribution in [0, 0.1) is 41.5 Å². The molecule has 0 heterocycles. The van der Waals surface area contributed by atoms with Crippen molar-refractivity contribution in [2.24, 2.45) is 0 Å². The molecular formula is C19H25NS. The van der Waals surface area contributed by atoms with Gasteiger partial charge >= 0.3 is 0 Å². The molecule has 0 aliphatic rings. The summed E-state index contributed by atoms with van der Waals surface area (Å²) in [7, 11) is 0. The fraction of sp³-hybridized carbons (Fsp3) is 0.368. The zero-order valence-corrected chi connectivity index (χ0v) is 14.7. The van der Waals surface area contributed by atoms with Gasteiger partial charge in [0.1, 0.15) is 0 Å². The topological polar surface area (TPSA) is 12.0 Å². The highest BCUT2D eigenvalue weighted by Crippen LogP contribution is 2.29. The average molecular weight is 299 g/mol. The van der Waals surface area contributed by atoms with Crippen LogP contribution in [-0.2, 0) is 0 Å². The molecule has 21 heavy (non-hydrogen) atoms. The number of hydrogen-bond acceptors (Lipinski definition) is 2. The molecule has 0 spiro atoms. The summed E-state index contributed by atoms with van der Waals surface area (Å²) in [5.41, 5.74) is 9.33. The normalized spacial score (nSPS) is 10.8. The van der Waals surface area contributed by atoms with E-state index in [0.29, 0.717) is 0 Å². The fourth-order valence-corrected chi connectivity index (χ4v) is 3.97. The molecule has 2 aromatic carbocycles. The van der Waals surface area contributed by atoms with Gasteiger partial charge in [-0.2, -0.15) is 0 Å². The largest absolute Gasteiger partial charge is 0.375 e. The van der Waals surface area contributed by atoms with Crippen LogP contribution < -0.4 is 5.32 Å². The molecule has 2 aromatic rings. The molecule has 2 heteroatoms. The lowest BCUT2D eigenvalue weighted by Crippen LogP contribution is -2.03. The Bertz CT molecular complexity index is 555. The summed E-state index contributed by atoms with van der Waals surface area (Å²) in [4.78, 5) is 1.40. The van der Waals surface area contributed by atoms with Crippen molar-refractivity contribution < 1.29 is 0 Å². The van der Waals surface area contributed by atoms with Gasteiger partial charge in [0.05, 0.1) is 5.88 Å². The smallest absolute Gasteiger partial charge is 0.0657 e. The van der Waals surface area contributed by atoms with E-state index in [1.54, 1.807) is 0 Å². The van der Waals surface area contributed by atoms with E-state index in [2.05, 4.69) is 71.1 Å². The van der Waals surface area contributed by atoms with E-state index < -0.39 is 0 Å². The van der Waals surface area contributed by atoms with Crippen molar-refractivity contribution in [3.8, 4) is 0 Å². The fourth-order valence-electron chi connectivity index (χ4n) is 3.03. The molecule has 0 unspecified atom stereocenters. The average Bonchev–Trinajstić information content (AvgIpc) is 2.34. The summed E-state index contributed by atoms with van der Waals surface area (Å²) in [5, 5.41) is 3.59. The van der Waals surface area contributed by atoms with Gasteiger partial charge in [0, 0.05) is 10.6 Å². The molecule has 0 amide bonds. The van der Waals surface area contributed by atoms with Crippen LogP contribution in [-0.4, -0.2) is 5.88 Å². The van der Waals surface area contributed by atoms with Crippen molar-refractivity contribution in [3.05, 3.63) is 57.6 Å². The summed E-state index contributed by atoms with van der Waals surface area (Å²) in [6.07, 6.45) is 0. The third kappa shape index (κ3) is 3.82. The molecule has 0 fully saturated rings. The zero-order chi connectivity index (χ0) is 15.6. The van der Waals surface area contributed by atoms with Crippen molar-refractivity contribution in [3.63, 3.8) is 0 Å². The van der Waals surface area contributed by atoms with Gasteiger partial charge in [0.15, 0.2) is 0 Å². The van der Waals surface area contributed by atoms with Crippen LogP contribution in [0.3, 0.4) is 0 Å². The van der Waals surface area contributed by atoms with Crippen LogP contribution in [0.15, 0.2) is 29.2 Å². The lowest BCUT2D eigenvalue weighted by molar-refractivity contribution is 1.19. The Balaban J connectivity index is 2.09. The van der Waals surface area contributed by atoms with Crippen LogP contribution >= 0.6 is 11.8 Å². The van der Waals surface area contributed by atoms with E-state index in [-0.39, 0.29) is 0 Å². The van der Waals surface area contributed by atoms with E-state index >= 15 is 0 Å². The summed E-state index contributed by atoms with van der Waals surface area (Å²) in [6, 6.07) is 9.00. The van der Waals surface area contributed by atoms with E-state index in [0.717, 1.165) is 5.88 Å². The van der Waals surface area contributed by atoms with Crippen molar-refractivity contribution in [2.75, 3.05) is 11.2 Å². The predicted octanol–water partition coefficient (Wildman–Crippen LogP) is 5.70. The highest BCUT2D eigenvalue weighted by atomic mass is 32.2. The Morgan fingerprint density at radius 1 is 0.714 bits per heavy atom. The summed E-state index contributed by atoms with van der Waals surface area (Å²) >= 11 is 1.89. The molecule has 0 atom stereocenters. The molecule has 112 valence electrons. The first kappa shape index (κ1) is 16.0. The Hall–Kier alpha value is -1.41. The minimum atomic E-state index is 0.898. The maximum atomic E-state index is 3.59. The molecule has 1 N–H and O–H groups in total. The predicted molar refractivity (Wildman–Crippen MR) is 95.7 cm³/mol. The van der Waals surface area contributed by atoms with Gasteiger partial charge in [-0.25, -0.2) is 0 Å². The summed E-state index contributed by atoms with van der Waals surface area (Å²) < 4.78 is 0. The van der Waals surface area contributed by atoms with Crippen LogP contribution in [0.5, 0.6) is 0 Å². The monoisotopic (exact) mass is 299 g/mol. The first-order valence-electron chi connectivity index (χ1n) is 7.41. The maximum Gasteiger partial charge on any atom is 0.0657 e. The number of rotatable bonds is 4. The standard InChI is InChI=1S/C19H25NS/c1-12-7-14(3)18(15(4)8-12)20-11-21-19-16(5)9-13(2)10-17(19)6/h7-10,20H,11H2,1-6H3. The van der Waals surface area contributed by atoms with E-state index in [1.807, 2.05) is 11.8 Å². The Morgan fingerprint density at radius 2 is 1.14 bits per heavy atom. The van der Waals surface area contributed by atoms with Crippen LogP contribution in [0.2, 0.25) is 0 Å². The van der Waals surface area contributed by atoms with E-state index in [9.17, 15) is 0 Å². The van der Waals surface area contributed by atoms with Gasteiger partial charge in [-0.15, -0.1) is 11.8 Å². The summed E-state index contributed by atoms with van der Waals surface area (Å²) in [5.74, 6) is 0.898. The minimum absolute atomic E-state index is 0.898. The van der Waals surface area contributed by atoms with Crippen molar-refractivity contribution in [2.45, 2.75) is 46.4 Å². The zero-order valence-electron chi connectivity index (χ0n) is 13.9. The Morgan fingerprint density at radius 3 is 1.62 bits per heavy atom. The molecule has 0 aromatic heterocycles. The van der Waals surface area contributed by atoms with Crippen LogP contribution in [0.25, 0.3) is 0 Å². The molecule has 1 nitrogen and oxygen atoms in total. The van der Waals surface area contributed by atoms with E-state index in [1.165, 1.54) is 44.0 Å². The Labute approximate surface area is 133 Å². The number of benzene rings is 2. The number of hydrogen-bond donors (Lipinski definition) is 1. The second kappa shape index (κ2) is 6.57. The van der Waals surface area contributed by atoms with Crippen molar-refractivity contribution >= 4 is 17.4 Å². The maximum absolute atomic E-state index is 3.59. The van der Waals surface area contributed by atoms with Gasteiger partial charge in [-0.05, 0) is 63.8 Å². The van der Waals surface area contributed by atoms with Gasteiger partial charge < -0.3 is 5.32 Å². The van der Waals surface area contributed by atoms with Gasteiger partial charge in [0.25, 0.3) is 0 Å². The molecule has 0 radical (unpaired) electrons. The molecule has 0 bridgehead atoms. The van der Waals surface area contributed by atoms with Gasteiger partial charge in [-0.1, -0.05) is 35.4 Å². The summed E-state index contributed by atoms with van der Waals surface area (Å²) in [6.45, 7) is 13.1. The quantitative estimate of drug-likeness (QED) is 0.574. The highest BCUT2D eigenvalue weighted by Gasteiger charge is 2.06. The van der Waals surface area contributed by atoms with Gasteiger partial charge in [0.2, 0.25) is 0 Å². The van der Waals surface area contributed by atoms with E-state index in [4.69, 9.17) is 0 Å². The Kier molecular flexibility index (Phi) is 5.00. The lowest BCUT2D eigenvalue weighted by atomic mass is 10.1. The first-order chi connectivity index (χ1) is 9.88.